The number of amides is 1. The SMILES string of the molecule is CN(Cc1ccccc1)Cc1c(-c2ccc(NC=O)cc2)sc2c1c(=O)n(-c1ccccc1)c(=O)n2Cc1c(F)cccc1F. The predicted octanol–water partition coefficient (Wildman–Crippen LogP) is 6.41. The van der Waals surface area contributed by atoms with E-state index in [2.05, 4.69) is 10.2 Å². The Morgan fingerprint density at radius 1 is 0.800 bits per heavy atom. The minimum absolute atomic E-state index is 0.277. The number of carbonyl (C=O) groups excluding carboxylic acids is 1. The summed E-state index contributed by atoms with van der Waals surface area (Å²) in [4.78, 5) is 42.6. The molecule has 0 saturated heterocycles. The molecule has 0 unspecified atom stereocenters. The van der Waals surface area contributed by atoms with Gasteiger partial charge in [0.1, 0.15) is 16.5 Å². The number of carbonyl (C=O) groups is 1. The molecule has 7 nitrogen and oxygen atoms in total. The summed E-state index contributed by atoms with van der Waals surface area (Å²) in [6, 6.07) is 29.1. The Bertz CT molecular complexity index is 2090. The van der Waals surface area contributed by atoms with Crippen LogP contribution in [0.2, 0.25) is 0 Å². The number of thiophene rings is 1. The summed E-state index contributed by atoms with van der Waals surface area (Å²) in [6.45, 7) is 0.518. The van der Waals surface area contributed by atoms with Crippen molar-refractivity contribution < 1.29 is 13.6 Å². The van der Waals surface area contributed by atoms with Crippen LogP contribution in [-0.4, -0.2) is 27.5 Å². The fraction of sp³-hybridized carbons (Fsp3) is 0.114. The number of anilines is 1. The highest BCUT2D eigenvalue weighted by atomic mass is 32.1. The average Bonchev–Trinajstić information content (AvgIpc) is 3.41. The number of hydrogen-bond acceptors (Lipinski definition) is 5. The zero-order valence-corrected chi connectivity index (χ0v) is 25.1. The van der Waals surface area contributed by atoms with Gasteiger partial charge in [0.15, 0.2) is 0 Å². The summed E-state index contributed by atoms with van der Waals surface area (Å²) in [5.41, 5.74) is 1.97. The van der Waals surface area contributed by atoms with E-state index in [1.165, 1.54) is 22.0 Å². The Labute approximate surface area is 261 Å². The maximum absolute atomic E-state index is 14.9. The van der Waals surface area contributed by atoms with Gasteiger partial charge in [-0.25, -0.2) is 18.1 Å². The molecule has 6 aromatic rings. The molecule has 0 atom stereocenters. The summed E-state index contributed by atoms with van der Waals surface area (Å²) in [7, 11) is 1.94. The summed E-state index contributed by atoms with van der Waals surface area (Å²) < 4.78 is 32.2. The highest BCUT2D eigenvalue weighted by Crippen LogP contribution is 2.38. The molecule has 45 heavy (non-hydrogen) atoms. The first-order valence-electron chi connectivity index (χ1n) is 14.2. The van der Waals surface area contributed by atoms with E-state index in [1.807, 2.05) is 49.5 Å². The molecule has 0 saturated carbocycles. The number of fused-ring (bicyclic) bond motifs is 1. The van der Waals surface area contributed by atoms with Gasteiger partial charge in [0, 0.05) is 29.2 Å². The van der Waals surface area contributed by atoms with E-state index in [1.54, 1.807) is 42.5 Å². The summed E-state index contributed by atoms with van der Waals surface area (Å²) in [5, 5.41) is 2.92. The molecule has 0 bridgehead atoms. The lowest BCUT2D eigenvalue weighted by molar-refractivity contribution is -0.105. The van der Waals surface area contributed by atoms with Gasteiger partial charge in [-0.2, -0.15) is 0 Å². The third-order valence-electron chi connectivity index (χ3n) is 7.56. The molecule has 0 aliphatic carbocycles. The van der Waals surface area contributed by atoms with Crippen molar-refractivity contribution in [3.8, 4) is 16.1 Å². The molecular weight excluding hydrogens is 594 g/mol. The second kappa shape index (κ2) is 12.8. The van der Waals surface area contributed by atoms with Gasteiger partial charge in [-0.3, -0.25) is 19.1 Å². The molecule has 0 spiro atoms. The Kier molecular flexibility index (Phi) is 8.50. The maximum atomic E-state index is 14.9. The van der Waals surface area contributed by atoms with E-state index in [-0.39, 0.29) is 5.56 Å². The Balaban J connectivity index is 1.63. The summed E-state index contributed by atoms with van der Waals surface area (Å²) in [5.74, 6) is -1.57. The molecule has 0 aliphatic heterocycles. The molecule has 0 fully saturated rings. The first kappa shape index (κ1) is 29.9. The topological polar surface area (TPSA) is 76.3 Å². The molecule has 4 aromatic carbocycles. The second-order valence-electron chi connectivity index (χ2n) is 10.6. The molecule has 1 N–H and O–H groups in total. The minimum Gasteiger partial charge on any atom is -0.329 e. The Morgan fingerprint density at radius 3 is 2.09 bits per heavy atom. The normalized spacial score (nSPS) is 11.3. The van der Waals surface area contributed by atoms with Crippen LogP contribution in [0.1, 0.15) is 16.7 Å². The maximum Gasteiger partial charge on any atom is 0.337 e. The van der Waals surface area contributed by atoms with Crippen molar-refractivity contribution >= 4 is 33.7 Å². The quantitative estimate of drug-likeness (QED) is 0.179. The second-order valence-corrected chi connectivity index (χ2v) is 11.6. The van der Waals surface area contributed by atoms with Crippen molar-refractivity contribution in [2.45, 2.75) is 19.6 Å². The van der Waals surface area contributed by atoms with Crippen LogP contribution in [0.5, 0.6) is 0 Å². The van der Waals surface area contributed by atoms with Crippen LogP contribution >= 0.6 is 11.3 Å². The van der Waals surface area contributed by atoms with Gasteiger partial charge in [-0.15, -0.1) is 11.3 Å². The summed E-state index contributed by atoms with van der Waals surface area (Å²) >= 11 is 1.22. The fourth-order valence-electron chi connectivity index (χ4n) is 5.45. The van der Waals surface area contributed by atoms with Gasteiger partial charge >= 0.3 is 5.69 Å². The van der Waals surface area contributed by atoms with Crippen molar-refractivity contribution in [3.63, 3.8) is 0 Å². The van der Waals surface area contributed by atoms with Crippen LogP contribution in [-0.2, 0) is 24.4 Å². The fourth-order valence-corrected chi connectivity index (χ4v) is 6.75. The minimum atomic E-state index is -0.787. The zero-order chi connectivity index (χ0) is 31.5. The first-order valence-corrected chi connectivity index (χ1v) is 15.0. The van der Waals surface area contributed by atoms with Gasteiger partial charge < -0.3 is 5.32 Å². The van der Waals surface area contributed by atoms with Gasteiger partial charge in [0.25, 0.3) is 5.56 Å². The van der Waals surface area contributed by atoms with E-state index in [0.29, 0.717) is 46.7 Å². The Hall–Kier alpha value is -5.19. The van der Waals surface area contributed by atoms with Gasteiger partial charge in [0.2, 0.25) is 6.41 Å². The van der Waals surface area contributed by atoms with Gasteiger partial charge in [0.05, 0.1) is 17.6 Å². The largest absolute Gasteiger partial charge is 0.337 e. The van der Waals surface area contributed by atoms with Crippen molar-refractivity contribution in [2.75, 3.05) is 12.4 Å². The van der Waals surface area contributed by atoms with E-state index < -0.39 is 29.4 Å². The highest BCUT2D eigenvalue weighted by molar-refractivity contribution is 7.22. The number of hydrogen-bond donors (Lipinski definition) is 1. The number of halogens is 2. The van der Waals surface area contributed by atoms with Crippen LogP contribution in [0.3, 0.4) is 0 Å². The highest BCUT2D eigenvalue weighted by Gasteiger charge is 2.25. The molecule has 0 radical (unpaired) electrons. The van der Waals surface area contributed by atoms with Crippen molar-refractivity contribution in [1.29, 1.82) is 0 Å². The smallest absolute Gasteiger partial charge is 0.329 e. The molecule has 0 aliphatic rings. The standard InChI is InChI=1S/C35H28F2N4O3S/c1-39(19-23-9-4-2-5-10-23)20-28-31-33(43)41(26-11-6-3-7-12-26)35(44)40(21-27-29(36)13-8-14-30(27)37)34(31)45-32(28)24-15-17-25(18-16-24)38-22-42/h2-18,22H,19-21H2,1H3,(H,38,42). The average molecular weight is 623 g/mol. The van der Waals surface area contributed by atoms with Crippen molar-refractivity contribution in [3.05, 3.63) is 152 Å². The lowest BCUT2D eigenvalue weighted by atomic mass is 10.1. The molecule has 2 heterocycles. The van der Waals surface area contributed by atoms with E-state index in [4.69, 9.17) is 0 Å². The molecule has 6 rings (SSSR count). The van der Waals surface area contributed by atoms with Crippen LogP contribution in [0.4, 0.5) is 14.5 Å². The number of benzene rings is 4. The van der Waals surface area contributed by atoms with Gasteiger partial charge in [-0.05, 0) is 60.1 Å². The molecular formula is C35H28F2N4O3S. The van der Waals surface area contributed by atoms with E-state index in [9.17, 15) is 23.2 Å². The van der Waals surface area contributed by atoms with Gasteiger partial charge in [-0.1, -0.05) is 66.7 Å². The van der Waals surface area contributed by atoms with Crippen LogP contribution in [0.25, 0.3) is 26.3 Å². The third kappa shape index (κ3) is 5.98. The van der Waals surface area contributed by atoms with E-state index in [0.717, 1.165) is 32.7 Å². The number of rotatable bonds is 10. The van der Waals surface area contributed by atoms with Crippen LogP contribution in [0.15, 0.2) is 113 Å². The Morgan fingerprint density at radius 2 is 1.44 bits per heavy atom. The number of nitrogens with zero attached hydrogens (tertiary/aromatic N) is 3. The lowest BCUT2D eigenvalue weighted by Gasteiger charge is -2.18. The van der Waals surface area contributed by atoms with Crippen molar-refractivity contribution in [1.82, 2.24) is 14.0 Å². The van der Waals surface area contributed by atoms with Crippen LogP contribution in [0, 0.1) is 11.6 Å². The molecule has 226 valence electrons. The third-order valence-corrected chi connectivity index (χ3v) is 8.87. The first-order chi connectivity index (χ1) is 21.9. The van der Waals surface area contributed by atoms with E-state index >= 15 is 0 Å². The lowest BCUT2D eigenvalue weighted by Crippen LogP contribution is -2.39. The number of nitrogens with one attached hydrogen (secondary N) is 1. The number of para-hydroxylation sites is 1. The number of aromatic nitrogens is 2. The zero-order valence-electron chi connectivity index (χ0n) is 24.2. The van der Waals surface area contributed by atoms with Crippen LogP contribution < -0.4 is 16.6 Å². The molecule has 2 aromatic heterocycles. The molecule has 10 heteroatoms. The predicted molar refractivity (Wildman–Crippen MR) is 174 cm³/mol. The molecule has 1 amide bonds. The monoisotopic (exact) mass is 622 g/mol. The summed E-state index contributed by atoms with van der Waals surface area (Å²) in [6.07, 6.45) is 0.588. The van der Waals surface area contributed by atoms with Crippen molar-refractivity contribution in [2.24, 2.45) is 0 Å².